The lowest BCUT2D eigenvalue weighted by Gasteiger charge is -2.08. The summed E-state index contributed by atoms with van der Waals surface area (Å²) in [5, 5.41) is 18.2. The first kappa shape index (κ1) is 14.5. The van der Waals surface area contributed by atoms with E-state index < -0.39 is 0 Å². The van der Waals surface area contributed by atoms with Gasteiger partial charge in [0.1, 0.15) is 0 Å². The van der Waals surface area contributed by atoms with Crippen LogP contribution in [0.25, 0.3) is 0 Å². The fourth-order valence-electron chi connectivity index (χ4n) is 1.41. The molecule has 0 saturated heterocycles. The van der Waals surface area contributed by atoms with E-state index in [0.29, 0.717) is 23.8 Å². The number of thioether (sulfide) groups is 1. The van der Waals surface area contributed by atoms with Crippen LogP contribution in [0.3, 0.4) is 0 Å². The highest BCUT2D eigenvalue weighted by atomic mass is 32.2. The fourth-order valence-corrected chi connectivity index (χ4v) is 2.40. The van der Waals surface area contributed by atoms with Crippen LogP contribution in [0.15, 0.2) is 5.16 Å². The molecule has 1 aromatic rings. The largest absolute Gasteiger partial charge is 0.228 e. The number of aryl methyl sites for hydroxylation is 2. The van der Waals surface area contributed by atoms with E-state index >= 15 is 0 Å². The van der Waals surface area contributed by atoms with Crippen molar-refractivity contribution in [1.82, 2.24) is 9.97 Å². The summed E-state index contributed by atoms with van der Waals surface area (Å²) in [6.45, 7) is 5.93. The molecule has 0 N–H and O–H groups in total. The standard InChI is InChI=1S/C13H16N4S/c1-9-10(2)16-13(17-11(9)3)18-8-12(7-15)5-4-6-14/h12H,4-5,8H2,1-3H3/t12-/m0/s1. The molecule has 0 unspecified atom stereocenters. The van der Waals surface area contributed by atoms with Gasteiger partial charge in [0, 0.05) is 23.6 Å². The van der Waals surface area contributed by atoms with Crippen molar-refractivity contribution in [2.75, 3.05) is 5.75 Å². The lowest BCUT2D eigenvalue weighted by Crippen LogP contribution is -2.03. The van der Waals surface area contributed by atoms with Crippen LogP contribution in [-0.2, 0) is 0 Å². The number of rotatable bonds is 5. The Labute approximate surface area is 112 Å². The van der Waals surface area contributed by atoms with Crippen molar-refractivity contribution in [3.63, 3.8) is 0 Å². The van der Waals surface area contributed by atoms with Gasteiger partial charge >= 0.3 is 0 Å². The summed E-state index contributed by atoms with van der Waals surface area (Å²) in [6, 6.07) is 4.28. The zero-order valence-corrected chi connectivity index (χ0v) is 11.7. The van der Waals surface area contributed by atoms with Gasteiger partial charge in [-0.25, -0.2) is 9.97 Å². The van der Waals surface area contributed by atoms with Crippen LogP contribution in [0, 0.1) is 49.4 Å². The highest BCUT2D eigenvalue weighted by molar-refractivity contribution is 7.99. The molecule has 18 heavy (non-hydrogen) atoms. The topological polar surface area (TPSA) is 73.4 Å². The summed E-state index contributed by atoms with van der Waals surface area (Å²) >= 11 is 1.49. The van der Waals surface area contributed by atoms with Crippen LogP contribution < -0.4 is 0 Å². The minimum atomic E-state index is -0.111. The van der Waals surface area contributed by atoms with Crippen molar-refractivity contribution >= 4 is 11.8 Å². The van der Waals surface area contributed by atoms with Gasteiger partial charge in [-0.3, -0.25) is 0 Å². The first-order valence-corrected chi connectivity index (χ1v) is 6.78. The van der Waals surface area contributed by atoms with E-state index in [1.807, 2.05) is 20.8 Å². The maximum atomic E-state index is 8.97. The molecular weight excluding hydrogens is 244 g/mol. The first-order chi connectivity index (χ1) is 8.58. The number of aromatic nitrogens is 2. The van der Waals surface area contributed by atoms with Gasteiger partial charge in [0.25, 0.3) is 0 Å². The van der Waals surface area contributed by atoms with Gasteiger partial charge < -0.3 is 0 Å². The maximum absolute atomic E-state index is 8.97. The third-order valence-corrected chi connectivity index (χ3v) is 3.82. The Morgan fingerprint density at radius 3 is 2.28 bits per heavy atom. The summed E-state index contributed by atoms with van der Waals surface area (Å²) in [5.74, 6) is 0.528. The van der Waals surface area contributed by atoms with Crippen LogP contribution >= 0.6 is 11.8 Å². The van der Waals surface area contributed by atoms with E-state index in [4.69, 9.17) is 10.5 Å². The van der Waals surface area contributed by atoms with E-state index in [-0.39, 0.29) is 5.92 Å². The van der Waals surface area contributed by atoms with Crippen LogP contribution in [0.1, 0.15) is 29.8 Å². The third kappa shape index (κ3) is 4.01. The molecule has 0 saturated carbocycles. The van der Waals surface area contributed by atoms with Gasteiger partial charge in [-0.2, -0.15) is 10.5 Å². The zero-order valence-electron chi connectivity index (χ0n) is 10.9. The van der Waals surface area contributed by atoms with Crippen molar-refractivity contribution < 1.29 is 0 Å². The molecule has 0 aromatic carbocycles. The van der Waals surface area contributed by atoms with Crippen molar-refractivity contribution in [3.05, 3.63) is 17.0 Å². The molecule has 1 heterocycles. The van der Waals surface area contributed by atoms with E-state index in [1.54, 1.807) is 0 Å². The number of hydrogen-bond acceptors (Lipinski definition) is 5. The summed E-state index contributed by atoms with van der Waals surface area (Å²) in [5.41, 5.74) is 3.08. The van der Waals surface area contributed by atoms with Crippen molar-refractivity contribution in [2.24, 2.45) is 5.92 Å². The van der Waals surface area contributed by atoms with Gasteiger partial charge in [-0.15, -0.1) is 0 Å². The minimum absolute atomic E-state index is 0.111. The second-order valence-corrected chi connectivity index (χ2v) is 5.12. The number of hydrogen-bond donors (Lipinski definition) is 0. The van der Waals surface area contributed by atoms with Crippen LogP contribution in [0.4, 0.5) is 0 Å². The van der Waals surface area contributed by atoms with E-state index in [9.17, 15) is 0 Å². The lowest BCUT2D eigenvalue weighted by molar-refractivity contribution is 0.684. The highest BCUT2D eigenvalue weighted by Crippen LogP contribution is 2.21. The Balaban J connectivity index is 2.64. The zero-order chi connectivity index (χ0) is 13.5. The molecule has 0 radical (unpaired) electrons. The third-order valence-electron chi connectivity index (χ3n) is 2.81. The molecule has 0 fully saturated rings. The molecule has 0 spiro atoms. The number of nitriles is 2. The molecule has 4 nitrogen and oxygen atoms in total. The predicted molar refractivity (Wildman–Crippen MR) is 70.9 cm³/mol. The molecule has 0 aliphatic rings. The molecule has 94 valence electrons. The molecule has 0 aliphatic heterocycles. The normalized spacial score (nSPS) is 11.6. The lowest BCUT2D eigenvalue weighted by atomic mass is 10.1. The van der Waals surface area contributed by atoms with Gasteiger partial charge in [0.05, 0.1) is 18.1 Å². The SMILES string of the molecule is Cc1nc(SC[C@H](C#N)CCC#N)nc(C)c1C. The van der Waals surface area contributed by atoms with Crippen LogP contribution in [-0.4, -0.2) is 15.7 Å². The summed E-state index contributed by atoms with van der Waals surface area (Å²) < 4.78 is 0. The molecule has 0 aliphatic carbocycles. The van der Waals surface area contributed by atoms with Crippen molar-refractivity contribution in [2.45, 2.75) is 38.8 Å². The fraction of sp³-hybridized carbons (Fsp3) is 0.538. The van der Waals surface area contributed by atoms with E-state index in [0.717, 1.165) is 17.0 Å². The molecule has 1 rings (SSSR count). The van der Waals surface area contributed by atoms with Gasteiger partial charge in [0.15, 0.2) is 5.16 Å². The average molecular weight is 260 g/mol. The molecule has 0 amide bonds. The molecule has 1 atom stereocenters. The summed E-state index contributed by atoms with van der Waals surface area (Å²) in [7, 11) is 0. The molecule has 5 heteroatoms. The smallest absolute Gasteiger partial charge is 0.188 e. The second-order valence-electron chi connectivity index (χ2n) is 4.14. The van der Waals surface area contributed by atoms with Crippen LogP contribution in [0.2, 0.25) is 0 Å². The van der Waals surface area contributed by atoms with Crippen LogP contribution in [0.5, 0.6) is 0 Å². The molecular formula is C13H16N4S. The minimum Gasteiger partial charge on any atom is -0.228 e. The Morgan fingerprint density at radius 1 is 1.17 bits per heavy atom. The van der Waals surface area contributed by atoms with Crippen molar-refractivity contribution in [1.29, 1.82) is 10.5 Å². The average Bonchev–Trinajstić information content (AvgIpc) is 2.36. The first-order valence-electron chi connectivity index (χ1n) is 5.79. The highest BCUT2D eigenvalue weighted by Gasteiger charge is 2.10. The van der Waals surface area contributed by atoms with E-state index in [1.165, 1.54) is 11.8 Å². The maximum Gasteiger partial charge on any atom is 0.188 e. The molecule has 1 aromatic heterocycles. The number of nitrogens with zero attached hydrogens (tertiary/aromatic N) is 4. The predicted octanol–water partition coefficient (Wildman–Crippen LogP) is 2.94. The monoisotopic (exact) mass is 260 g/mol. The van der Waals surface area contributed by atoms with Gasteiger partial charge in [-0.05, 0) is 32.8 Å². The quantitative estimate of drug-likeness (QED) is 0.601. The van der Waals surface area contributed by atoms with Gasteiger partial charge in [-0.1, -0.05) is 11.8 Å². The summed E-state index contributed by atoms with van der Waals surface area (Å²) in [6.07, 6.45) is 1.04. The molecule has 0 bridgehead atoms. The van der Waals surface area contributed by atoms with E-state index in [2.05, 4.69) is 22.1 Å². The van der Waals surface area contributed by atoms with Gasteiger partial charge in [0.2, 0.25) is 0 Å². The second kappa shape index (κ2) is 6.98. The summed E-state index contributed by atoms with van der Waals surface area (Å²) in [4.78, 5) is 8.80. The Bertz CT molecular complexity index is 476. The Kier molecular flexibility index (Phi) is 5.61. The van der Waals surface area contributed by atoms with Crippen molar-refractivity contribution in [3.8, 4) is 12.1 Å². The Morgan fingerprint density at radius 2 is 1.78 bits per heavy atom. The Hall–Kier alpha value is -1.59.